The quantitative estimate of drug-likeness (QED) is 0.711. The average molecular weight is 443 g/mol. The van der Waals surface area contributed by atoms with Crippen LogP contribution in [0.15, 0.2) is 36.4 Å². The van der Waals surface area contributed by atoms with E-state index in [0.717, 1.165) is 24.3 Å². The number of amides is 1. The second-order valence-corrected chi connectivity index (χ2v) is 7.92. The first-order valence-electron chi connectivity index (χ1n) is 7.38. The Labute approximate surface area is 161 Å². The Balaban J connectivity index is 2.28. The van der Waals surface area contributed by atoms with Crippen molar-refractivity contribution in [3.63, 3.8) is 0 Å². The summed E-state index contributed by atoms with van der Waals surface area (Å²) in [6, 6.07) is 4.61. The van der Waals surface area contributed by atoms with Crippen LogP contribution >= 0.6 is 11.6 Å². The fourth-order valence-corrected chi connectivity index (χ4v) is 3.30. The van der Waals surface area contributed by atoms with Gasteiger partial charge in [0, 0.05) is 11.8 Å². The van der Waals surface area contributed by atoms with Gasteiger partial charge in [-0.3, -0.25) is 9.10 Å². The Morgan fingerprint density at radius 1 is 1.14 bits per heavy atom. The van der Waals surface area contributed by atoms with Gasteiger partial charge in [0.25, 0.3) is 0 Å². The second kappa shape index (κ2) is 7.92. The number of carbonyl (C=O) groups is 1. The van der Waals surface area contributed by atoms with E-state index in [1.807, 2.05) is 0 Å². The molecule has 0 fully saturated rings. The van der Waals surface area contributed by atoms with E-state index in [9.17, 15) is 35.2 Å². The lowest BCUT2D eigenvalue weighted by atomic mass is 10.2. The molecule has 2 rings (SSSR count). The van der Waals surface area contributed by atoms with Gasteiger partial charge in [0.15, 0.2) is 0 Å². The third-order valence-corrected chi connectivity index (χ3v) is 4.88. The topological polar surface area (TPSA) is 66.5 Å². The molecule has 0 radical (unpaired) electrons. The first-order chi connectivity index (χ1) is 12.8. The molecule has 2 aromatic rings. The maximum absolute atomic E-state index is 13.9. The van der Waals surface area contributed by atoms with E-state index in [0.29, 0.717) is 22.7 Å². The second-order valence-electron chi connectivity index (χ2n) is 5.61. The lowest BCUT2D eigenvalue weighted by molar-refractivity contribution is -0.137. The maximum atomic E-state index is 13.9. The number of halogens is 6. The van der Waals surface area contributed by atoms with E-state index in [4.69, 9.17) is 11.6 Å². The van der Waals surface area contributed by atoms with Crippen molar-refractivity contribution < 1.29 is 35.2 Å². The molecule has 0 aliphatic carbocycles. The van der Waals surface area contributed by atoms with Crippen LogP contribution in [-0.4, -0.2) is 27.1 Å². The monoisotopic (exact) mass is 442 g/mol. The third kappa shape index (κ3) is 5.32. The molecular formula is C16H12ClF5N2O3S. The number of nitrogens with zero attached hydrogens (tertiary/aromatic N) is 1. The predicted octanol–water partition coefficient (Wildman–Crippen LogP) is 4.04. The molecule has 0 heterocycles. The number of sulfonamides is 1. The van der Waals surface area contributed by atoms with E-state index >= 15 is 0 Å². The Hall–Kier alpha value is -2.40. The number of hydrogen-bond donors (Lipinski definition) is 1. The summed E-state index contributed by atoms with van der Waals surface area (Å²) in [6.07, 6.45) is -4.08. The van der Waals surface area contributed by atoms with E-state index in [2.05, 4.69) is 5.32 Å². The summed E-state index contributed by atoms with van der Waals surface area (Å²) in [6.45, 7) is -0.953. The molecule has 0 spiro atoms. The van der Waals surface area contributed by atoms with Crippen molar-refractivity contribution >= 4 is 38.9 Å². The Morgan fingerprint density at radius 3 is 2.32 bits per heavy atom. The van der Waals surface area contributed by atoms with Crippen molar-refractivity contribution in [3.05, 3.63) is 58.6 Å². The number of nitrogens with one attached hydrogen (secondary N) is 1. The van der Waals surface area contributed by atoms with Gasteiger partial charge in [0.05, 0.1) is 22.5 Å². The van der Waals surface area contributed by atoms with Gasteiger partial charge >= 0.3 is 6.18 Å². The molecule has 0 unspecified atom stereocenters. The molecule has 152 valence electrons. The largest absolute Gasteiger partial charge is 0.417 e. The molecule has 12 heteroatoms. The normalized spacial score (nSPS) is 12.0. The zero-order valence-electron chi connectivity index (χ0n) is 14.0. The van der Waals surface area contributed by atoms with Crippen LogP contribution in [-0.2, 0) is 21.0 Å². The molecule has 0 aromatic heterocycles. The lowest BCUT2D eigenvalue weighted by Gasteiger charge is -2.22. The van der Waals surface area contributed by atoms with Gasteiger partial charge < -0.3 is 5.32 Å². The van der Waals surface area contributed by atoms with Crippen molar-refractivity contribution in [3.8, 4) is 0 Å². The Bertz CT molecular complexity index is 1010. The standard InChI is InChI=1S/C16H12ClF5N2O3S/c1-28(26,27)24(14-5-2-9(18)6-13(14)19)8-15(25)23-10-3-4-12(17)11(7-10)16(20,21)22/h2-7H,8H2,1H3,(H,23,25). The molecule has 28 heavy (non-hydrogen) atoms. The number of carbonyl (C=O) groups excluding carboxylic acids is 1. The maximum Gasteiger partial charge on any atom is 0.417 e. The summed E-state index contributed by atoms with van der Waals surface area (Å²) in [7, 11) is -4.17. The van der Waals surface area contributed by atoms with Gasteiger partial charge in [0.1, 0.15) is 18.2 Å². The van der Waals surface area contributed by atoms with Crippen molar-refractivity contribution in [2.45, 2.75) is 6.18 Å². The van der Waals surface area contributed by atoms with Crippen LogP contribution in [0.25, 0.3) is 0 Å². The summed E-state index contributed by atoms with van der Waals surface area (Å²) in [5, 5.41) is 1.50. The number of alkyl halides is 3. The SMILES string of the molecule is CS(=O)(=O)N(CC(=O)Nc1ccc(Cl)c(C(F)(F)F)c1)c1ccc(F)cc1F. The first-order valence-corrected chi connectivity index (χ1v) is 9.61. The molecule has 0 aliphatic rings. The molecule has 2 aromatic carbocycles. The Kier molecular flexibility index (Phi) is 6.19. The zero-order valence-corrected chi connectivity index (χ0v) is 15.6. The molecule has 0 atom stereocenters. The van der Waals surface area contributed by atoms with Crippen LogP contribution in [0.4, 0.5) is 33.3 Å². The van der Waals surface area contributed by atoms with Crippen molar-refractivity contribution in [2.24, 2.45) is 0 Å². The summed E-state index contributed by atoms with van der Waals surface area (Å²) < 4.78 is 89.7. The number of hydrogen-bond acceptors (Lipinski definition) is 3. The van der Waals surface area contributed by atoms with Gasteiger partial charge in [-0.25, -0.2) is 17.2 Å². The predicted molar refractivity (Wildman–Crippen MR) is 93.6 cm³/mol. The highest BCUT2D eigenvalue weighted by atomic mass is 35.5. The minimum Gasteiger partial charge on any atom is -0.324 e. The average Bonchev–Trinajstić information content (AvgIpc) is 2.53. The molecular weight excluding hydrogens is 431 g/mol. The number of anilines is 2. The van der Waals surface area contributed by atoms with Gasteiger partial charge in [-0.15, -0.1) is 0 Å². The summed E-state index contributed by atoms with van der Waals surface area (Å²) >= 11 is 5.48. The van der Waals surface area contributed by atoms with Crippen LogP contribution < -0.4 is 9.62 Å². The van der Waals surface area contributed by atoms with Crippen molar-refractivity contribution in [1.29, 1.82) is 0 Å². The fourth-order valence-electron chi connectivity index (χ4n) is 2.22. The van der Waals surface area contributed by atoms with Crippen molar-refractivity contribution in [1.82, 2.24) is 0 Å². The zero-order chi connectivity index (χ0) is 21.3. The smallest absolute Gasteiger partial charge is 0.324 e. The highest BCUT2D eigenvalue weighted by Gasteiger charge is 2.33. The third-order valence-electron chi connectivity index (χ3n) is 3.42. The van der Waals surface area contributed by atoms with Crippen LogP contribution in [0.1, 0.15) is 5.56 Å². The van der Waals surface area contributed by atoms with Crippen LogP contribution in [0, 0.1) is 11.6 Å². The molecule has 1 N–H and O–H groups in total. The van der Waals surface area contributed by atoms with Crippen LogP contribution in [0.5, 0.6) is 0 Å². The molecule has 5 nitrogen and oxygen atoms in total. The summed E-state index contributed by atoms with van der Waals surface area (Å²) in [4.78, 5) is 12.1. The lowest BCUT2D eigenvalue weighted by Crippen LogP contribution is -2.38. The van der Waals surface area contributed by atoms with E-state index in [1.165, 1.54) is 0 Å². The molecule has 0 saturated carbocycles. The highest BCUT2D eigenvalue weighted by molar-refractivity contribution is 7.92. The molecule has 0 aliphatic heterocycles. The van der Waals surface area contributed by atoms with E-state index < -0.39 is 56.6 Å². The molecule has 0 bridgehead atoms. The number of benzene rings is 2. The van der Waals surface area contributed by atoms with Crippen molar-refractivity contribution in [2.75, 3.05) is 22.4 Å². The number of rotatable bonds is 5. The minimum atomic E-state index is -4.77. The van der Waals surface area contributed by atoms with Crippen LogP contribution in [0.2, 0.25) is 5.02 Å². The molecule has 1 amide bonds. The summed E-state index contributed by atoms with van der Waals surface area (Å²) in [5.74, 6) is -3.24. The van der Waals surface area contributed by atoms with Crippen LogP contribution in [0.3, 0.4) is 0 Å². The van der Waals surface area contributed by atoms with E-state index in [1.54, 1.807) is 0 Å². The molecule has 0 saturated heterocycles. The summed E-state index contributed by atoms with van der Waals surface area (Å²) in [5.41, 5.74) is -2.09. The van der Waals surface area contributed by atoms with E-state index in [-0.39, 0.29) is 5.69 Å². The van der Waals surface area contributed by atoms with Gasteiger partial charge in [-0.1, -0.05) is 11.6 Å². The van der Waals surface area contributed by atoms with Gasteiger partial charge in [-0.2, -0.15) is 13.2 Å². The van der Waals surface area contributed by atoms with Gasteiger partial charge in [0.2, 0.25) is 15.9 Å². The first kappa shape index (κ1) is 21.9. The highest BCUT2D eigenvalue weighted by Crippen LogP contribution is 2.36. The fraction of sp³-hybridized carbons (Fsp3) is 0.188. The Morgan fingerprint density at radius 2 is 1.79 bits per heavy atom. The minimum absolute atomic E-state index is 0.297. The van der Waals surface area contributed by atoms with Gasteiger partial charge in [-0.05, 0) is 30.3 Å².